The summed E-state index contributed by atoms with van der Waals surface area (Å²) in [6.07, 6.45) is 0.800. The summed E-state index contributed by atoms with van der Waals surface area (Å²) in [5.74, 6) is 0.947. The van der Waals surface area contributed by atoms with Crippen LogP contribution in [0.25, 0.3) is 11.4 Å². The van der Waals surface area contributed by atoms with E-state index in [1.165, 1.54) is 17.3 Å². The van der Waals surface area contributed by atoms with Gasteiger partial charge >= 0.3 is 0 Å². The standard InChI is InChI=1S/C26H25N5O3S/c1-34-22-13-9-20(10-14-22)25-29-30-26(31(25)16-15-18-5-3-2-4-6-18)35-17-23(32)28-21-11-7-19(8-12-21)24(27)33/h2-14H,15-17H2,1H3,(H2,27,33)(H,28,32). The van der Waals surface area contributed by atoms with E-state index in [1.807, 2.05) is 47.0 Å². The van der Waals surface area contributed by atoms with E-state index in [9.17, 15) is 9.59 Å². The molecule has 4 aromatic rings. The van der Waals surface area contributed by atoms with Crippen LogP contribution in [0.2, 0.25) is 0 Å². The largest absolute Gasteiger partial charge is 0.497 e. The van der Waals surface area contributed by atoms with Gasteiger partial charge < -0.3 is 20.4 Å². The Kier molecular flexibility index (Phi) is 7.79. The smallest absolute Gasteiger partial charge is 0.248 e. The topological polar surface area (TPSA) is 112 Å². The van der Waals surface area contributed by atoms with Gasteiger partial charge in [-0.15, -0.1) is 10.2 Å². The van der Waals surface area contributed by atoms with E-state index in [0.29, 0.717) is 23.0 Å². The minimum absolute atomic E-state index is 0.156. The Hall–Kier alpha value is -4.11. The normalized spacial score (nSPS) is 10.7. The van der Waals surface area contributed by atoms with Crippen LogP contribution in [0.15, 0.2) is 84.0 Å². The number of carbonyl (C=O) groups is 2. The average Bonchev–Trinajstić information content (AvgIpc) is 3.30. The fraction of sp³-hybridized carbons (Fsp3) is 0.154. The second-order valence-electron chi connectivity index (χ2n) is 7.70. The Balaban J connectivity index is 1.48. The van der Waals surface area contributed by atoms with E-state index < -0.39 is 5.91 Å². The first-order valence-electron chi connectivity index (χ1n) is 11.0. The zero-order chi connectivity index (χ0) is 24.6. The highest BCUT2D eigenvalue weighted by molar-refractivity contribution is 7.99. The summed E-state index contributed by atoms with van der Waals surface area (Å²) >= 11 is 1.32. The Morgan fingerprint density at radius 2 is 1.69 bits per heavy atom. The number of nitrogens with zero attached hydrogens (tertiary/aromatic N) is 3. The number of hydrogen-bond donors (Lipinski definition) is 2. The molecule has 1 heterocycles. The minimum Gasteiger partial charge on any atom is -0.497 e. The van der Waals surface area contributed by atoms with Gasteiger partial charge in [0.15, 0.2) is 11.0 Å². The molecule has 0 aliphatic heterocycles. The zero-order valence-corrected chi connectivity index (χ0v) is 20.0. The molecule has 178 valence electrons. The maximum absolute atomic E-state index is 12.5. The number of benzene rings is 3. The van der Waals surface area contributed by atoms with Gasteiger partial charge in [-0.25, -0.2) is 0 Å². The molecule has 0 fully saturated rings. The number of aromatic nitrogens is 3. The molecule has 8 nitrogen and oxygen atoms in total. The van der Waals surface area contributed by atoms with Crippen LogP contribution in [0.3, 0.4) is 0 Å². The second-order valence-corrected chi connectivity index (χ2v) is 8.64. The van der Waals surface area contributed by atoms with Gasteiger partial charge in [0.1, 0.15) is 5.75 Å². The zero-order valence-electron chi connectivity index (χ0n) is 19.2. The first-order chi connectivity index (χ1) is 17.0. The molecular formula is C26H25N5O3S. The Labute approximate surface area is 207 Å². The number of rotatable bonds is 10. The van der Waals surface area contributed by atoms with Crippen molar-refractivity contribution in [3.8, 4) is 17.1 Å². The van der Waals surface area contributed by atoms with Crippen LogP contribution in [0.1, 0.15) is 15.9 Å². The number of nitrogens with one attached hydrogen (secondary N) is 1. The van der Waals surface area contributed by atoms with Crippen molar-refractivity contribution in [3.05, 3.63) is 90.0 Å². The predicted octanol–water partition coefficient (Wildman–Crippen LogP) is 4.03. The molecular weight excluding hydrogens is 462 g/mol. The third-order valence-electron chi connectivity index (χ3n) is 5.32. The summed E-state index contributed by atoms with van der Waals surface area (Å²) in [4.78, 5) is 23.8. The number of hydrogen-bond acceptors (Lipinski definition) is 6. The Bertz CT molecular complexity index is 1290. The van der Waals surface area contributed by atoms with Gasteiger partial charge in [0.25, 0.3) is 0 Å². The van der Waals surface area contributed by atoms with Crippen molar-refractivity contribution < 1.29 is 14.3 Å². The molecule has 3 aromatic carbocycles. The van der Waals surface area contributed by atoms with Crippen LogP contribution in [0.4, 0.5) is 5.69 Å². The van der Waals surface area contributed by atoms with Crippen LogP contribution >= 0.6 is 11.8 Å². The van der Waals surface area contributed by atoms with Crippen LogP contribution in [-0.4, -0.2) is 39.4 Å². The number of carbonyl (C=O) groups excluding carboxylic acids is 2. The van der Waals surface area contributed by atoms with Crippen molar-refractivity contribution in [2.45, 2.75) is 18.1 Å². The highest BCUT2D eigenvalue weighted by Gasteiger charge is 2.16. The molecule has 2 amide bonds. The Morgan fingerprint density at radius 3 is 2.34 bits per heavy atom. The van der Waals surface area contributed by atoms with Gasteiger partial charge in [-0.05, 0) is 60.5 Å². The molecule has 0 radical (unpaired) electrons. The third kappa shape index (κ3) is 6.27. The van der Waals surface area contributed by atoms with Crippen molar-refractivity contribution in [1.82, 2.24) is 14.8 Å². The van der Waals surface area contributed by atoms with Crippen molar-refractivity contribution in [2.75, 3.05) is 18.2 Å². The van der Waals surface area contributed by atoms with E-state index in [2.05, 4.69) is 27.6 Å². The highest BCUT2D eigenvalue weighted by atomic mass is 32.2. The molecule has 1 aromatic heterocycles. The molecule has 0 aliphatic carbocycles. The van der Waals surface area contributed by atoms with Gasteiger partial charge in [-0.1, -0.05) is 42.1 Å². The number of methoxy groups -OCH3 is 1. The lowest BCUT2D eigenvalue weighted by molar-refractivity contribution is -0.113. The van der Waals surface area contributed by atoms with E-state index in [-0.39, 0.29) is 11.7 Å². The second kappa shape index (κ2) is 11.3. The van der Waals surface area contributed by atoms with E-state index in [4.69, 9.17) is 10.5 Å². The summed E-state index contributed by atoms with van der Waals surface area (Å²) in [7, 11) is 1.63. The Morgan fingerprint density at radius 1 is 0.971 bits per heavy atom. The predicted molar refractivity (Wildman–Crippen MR) is 136 cm³/mol. The number of anilines is 1. The first kappa shape index (κ1) is 24.0. The lowest BCUT2D eigenvalue weighted by Gasteiger charge is -2.11. The van der Waals surface area contributed by atoms with E-state index in [1.54, 1.807) is 31.4 Å². The van der Waals surface area contributed by atoms with Gasteiger partial charge in [0.05, 0.1) is 12.9 Å². The molecule has 35 heavy (non-hydrogen) atoms. The quantitative estimate of drug-likeness (QED) is 0.327. The van der Waals surface area contributed by atoms with Gasteiger partial charge in [0, 0.05) is 23.4 Å². The third-order valence-corrected chi connectivity index (χ3v) is 6.28. The van der Waals surface area contributed by atoms with Crippen LogP contribution in [0, 0.1) is 0 Å². The molecule has 0 saturated heterocycles. The lowest BCUT2D eigenvalue weighted by Crippen LogP contribution is -2.15. The van der Waals surface area contributed by atoms with E-state index in [0.717, 1.165) is 23.6 Å². The molecule has 9 heteroatoms. The SMILES string of the molecule is COc1ccc(-c2nnc(SCC(=O)Nc3ccc(C(N)=O)cc3)n2CCc2ccccc2)cc1. The number of amides is 2. The molecule has 4 rings (SSSR count). The number of thioether (sulfide) groups is 1. The van der Waals surface area contributed by atoms with Crippen molar-refractivity contribution in [1.29, 1.82) is 0 Å². The fourth-order valence-corrected chi connectivity index (χ4v) is 4.25. The monoisotopic (exact) mass is 487 g/mol. The molecule has 0 atom stereocenters. The number of nitrogens with two attached hydrogens (primary N) is 1. The van der Waals surface area contributed by atoms with Crippen molar-refractivity contribution in [2.24, 2.45) is 5.73 Å². The highest BCUT2D eigenvalue weighted by Crippen LogP contribution is 2.26. The molecule has 0 bridgehead atoms. The maximum atomic E-state index is 12.5. The average molecular weight is 488 g/mol. The lowest BCUT2D eigenvalue weighted by atomic mass is 10.1. The van der Waals surface area contributed by atoms with Crippen molar-refractivity contribution in [3.63, 3.8) is 0 Å². The van der Waals surface area contributed by atoms with Gasteiger partial charge in [-0.3, -0.25) is 9.59 Å². The van der Waals surface area contributed by atoms with Gasteiger partial charge in [-0.2, -0.15) is 0 Å². The number of ether oxygens (including phenoxy) is 1. The van der Waals surface area contributed by atoms with Gasteiger partial charge in [0.2, 0.25) is 11.8 Å². The molecule has 0 unspecified atom stereocenters. The van der Waals surface area contributed by atoms with Crippen molar-refractivity contribution >= 4 is 29.3 Å². The number of aryl methyl sites for hydroxylation is 1. The summed E-state index contributed by atoms with van der Waals surface area (Å²) < 4.78 is 7.30. The molecule has 3 N–H and O–H groups in total. The first-order valence-corrected chi connectivity index (χ1v) is 12.0. The maximum Gasteiger partial charge on any atom is 0.248 e. The summed E-state index contributed by atoms with van der Waals surface area (Å²) in [6.45, 7) is 0.664. The van der Waals surface area contributed by atoms with Crippen LogP contribution in [-0.2, 0) is 17.8 Å². The minimum atomic E-state index is -0.513. The number of primary amides is 1. The summed E-state index contributed by atoms with van der Waals surface area (Å²) in [5.41, 5.74) is 8.35. The molecule has 0 aliphatic rings. The fourth-order valence-electron chi connectivity index (χ4n) is 3.48. The van der Waals surface area contributed by atoms with Crippen LogP contribution < -0.4 is 15.8 Å². The summed E-state index contributed by atoms with van der Waals surface area (Å²) in [6, 6.07) is 24.3. The van der Waals surface area contributed by atoms with E-state index >= 15 is 0 Å². The molecule has 0 saturated carbocycles. The summed E-state index contributed by atoms with van der Waals surface area (Å²) in [5, 5.41) is 12.3. The molecule has 0 spiro atoms. The van der Waals surface area contributed by atoms with Crippen LogP contribution in [0.5, 0.6) is 5.75 Å².